The molecule has 2 aromatic heterocycles. The normalized spacial score (nSPS) is 13.8. The van der Waals surface area contributed by atoms with Gasteiger partial charge in [0.25, 0.3) is 10.0 Å². The summed E-state index contributed by atoms with van der Waals surface area (Å²) in [5, 5.41) is 8.77. The molecule has 222 valence electrons. The molecule has 1 saturated heterocycles. The molecule has 0 atom stereocenters. The maximum absolute atomic E-state index is 15.4. The molecule has 1 aliphatic heterocycles. The van der Waals surface area contributed by atoms with Crippen molar-refractivity contribution in [2.45, 2.75) is 30.8 Å². The van der Waals surface area contributed by atoms with Crippen molar-refractivity contribution in [2.75, 3.05) is 29.0 Å². The van der Waals surface area contributed by atoms with E-state index in [0.717, 1.165) is 40.5 Å². The Morgan fingerprint density at radius 1 is 1.02 bits per heavy atom. The second-order valence-corrected chi connectivity index (χ2v) is 12.6. The van der Waals surface area contributed by atoms with Crippen LogP contribution in [-0.2, 0) is 14.8 Å². The van der Waals surface area contributed by atoms with Gasteiger partial charge < -0.3 is 15.8 Å². The van der Waals surface area contributed by atoms with Crippen LogP contribution < -0.4 is 15.8 Å². The molecule has 3 aromatic carbocycles. The fourth-order valence-corrected chi connectivity index (χ4v) is 6.32. The molecule has 6 rings (SSSR count). The van der Waals surface area contributed by atoms with Gasteiger partial charge in [-0.25, -0.2) is 22.2 Å². The van der Waals surface area contributed by atoms with Gasteiger partial charge in [0.15, 0.2) is 0 Å². The molecule has 1 aliphatic rings. The highest BCUT2D eigenvalue weighted by atomic mass is 35.5. The topological polar surface area (TPSA) is 124 Å². The van der Waals surface area contributed by atoms with Crippen LogP contribution in [0.2, 0.25) is 5.02 Å². The van der Waals surface area contributed by atoms with Gasteiger partial charge in [-0.05, 0) is 61.9 Å². The Hall–Kier alpha value is -4.26. The summed E-state index contributed by atoms with van der Waals surface area (Å²) in [6.07, 6.45) is 1.69. The van der Waals surface area contributed by atoms with Gasteiger partial charge in [-0.1, -0.05) is 29.8 Å². The highest BCUT2D eigenvalue weighted by Crippen LogP contribution is 2.39. The Labute approximate surface area is 251 Å². The van der Waals surface area contributed by atoms with Crippen LogP contribution in [0.4, 0.5) is 26.0 Å². The minimum absolute atomic E-state index is 0.0205. The Kier molecular flexibility index (Phi) is 7.45. The van der Waals surface area contributed by atoms with Crippen LogP contribution in [0.15, 0.2) is 71.8 Å². The molecule has 0 radical (unpaired) electrons. The summed E-state index contributed by atoms with van der Waals surface area (Å²) >= 11 is 5.85. The summed E-state index contributed by atoms with van der Waals surface area (Å²) in [6.45, 7) is 5.29. The lowest BCUT2D eigenvalue weighted by Crippen LogP contribution is -2.40. The van der Waals surface area contributed by atoms with E-state index in [1.54, 1.807) is 6.20 Å². The van der Waals surface area contributed by atoms with E-state index < -0.39 is 26.6 Å². The number of pyridine rings is 1. The number of nitrogens with zero attached hydrogens (tertiary/aromatic N) is 3. The number of fused-ring (bicyclic) bond motifs is 1. The van der Waals surface area contributed by atoms with Crippen LogP contribution in [0.3, 0.4) is 0 Å². The van der Waals surface area contributed by atoms with Gasteiger partial charge in [-0.3, -0.25) is 9.40 Å². The fourth-order valence-electron chi connectivity index (χ4n) is 4.91. The number of halogens is 3. The Bertz CT molecular complexity index is 1960. The minimum atomic E-state index is -4.47. The third-order valence-corrected chi connectivity index (χ3v) is 8.73. The van der Waals surface area contributed by atoms with E-state index in [-0.39, 0.29) is 22.6 Å². The summed E-state index contributed by atoms with van der Waals surface area (Å²) in [4.78, 5) is 3.74. The number of sulfonamides is 1. The predicted octanol–water partition coefficient (Wildman–Crippen LogP) is 6.47. The molecule has 0 bridgehead atoms. The van der Waals surface area contributed by atoms with E-state index in [1.807, 2.05) is 42.8 Å². The molecular weight excluding hydrogens is 598 g/mol. The quantitative estimate of drug-likeness (QED) is 0.181. The zero-order valence-corrected chi connectivity index (χ0v) is 24.7. The van der Waals surface area contributed by atoms with Gasteiger partial charge in [0.2, 0.25) is 0 Å². The lowest BCUT2D eigenvalue weighted by atomic mass is 10.0. The smallest absolute Gasteiger partial charge is 0.264 e. The highest BCUT2D eigenvalue weighted by Gasteiger charge is 2.25. The Morgan fingerprint density at radius 2 is 1.74 bits per heavy atom. The lowest BCUT2D eigenvalue weighted by Gasteiger charge is -2.27. The number of rotatable bonds is 8. The van der Waals surface area contributed by atoms with Crippen molar-refractivity contribution in [3.63, 3.8) is 0 Å². The van der Waals surface area contributed by atoms with E-state index in [1.165, 1.54) is 18.2 Å². The number of anilines is 3. The number of benzene rings is 3. The zero-order valence-electron chi connectivity index (χ0n) is 23.1. The molecule has 0 amide bonds. The Morgan fingerprint density at radius 3 is 2.40 bits per heavy atom. The van der Waals surface area contributed by atoms with Gasteiger partial charge in [-0.2, -0.15) is 5.10 Å². The summed E-state index contributed by atoms with van der Waals surface area (Å²) in [5.74, 6) is -1.69. The van der Waals surface area contributed by atoms with Crippen molar-refractivity contribution in [2.24, 2.45) is 0 Å². The van der Waals surface area contributed by atoms with Crippen molar-refractivity contribution in [3.05, 3.63) is 83.5 Å². The number of hydrogen-bond acceptors (Lipinski definition) is 7. The molecule has 4 N–H and O–H groups in total. The molecule has 0 spiro atoms. The number of aromatic nitrogens is 3. The van der Waals surface area contributed by atoms with Crippen LogP contribution in [0.5, 0.6) is 0 Å². The number of ether oxygens (including phenoxy) is 1. The van der Waals surface area contributed by atoms with Gasteiger partial charge in [-0.15, -0.1) is 0 Å². The summed E-state index contributed by atoms with van der Waals surface area (Å²) < 4.78 is 64.4. The SMILES string of the molecule is CC(C)n1nc(-c2ccc(NS(=O)(=O)c3cc(Cl)ccc3F)c(F)c2)c2c(N)ncc(-c3ccc(NC4COC4)cc3)c21. The second kappa shape index (κ2) is 11.1. The number of nitrogen functional groups attached to an aromatic ring is 1. The summed E-state index contributed by atoms with van der Waals surface area (Å²) in [6, 6.07) is 15.1. The molecule has 0 aliphatic carbocycles. The molecule has 43 heavy (non-hydrogen) atoms. The van der Waals surface area contributed by atoms with E-state index >= 15 is 4.39 Å². The number of hydrogen-bond donors (Lipinski definition) is 3. The standard InChI is InChI=1S/C30H27ClF2N6O3S/c1-16(2)39-29-22(17-3-7-20(8-4-17)36-21-14-42-15-21)13-35-30(34)27(29)28(37-39)18-5-10-25(24(33)11-18)38-43(40,41)26-12-19(31)6-9-23(26)32/h3-13,16,21,36,38H,14-15H2,1-2H3,(H2,34,35). The average Bonchev–Trinajstić information content (AvgIpc) is 3.36. The maximum Gasteiger partial charge on any atom is 0.264 e. The highest BCUT2D eigenvalue weighted by molar-refractivity contribution is 7.92. The first-order valence-electron chi connectivity index (χ1n) is 13.4. The van der Waals surface area contributed by atoms with Gasteiger partial charge in [0, 0.05) is 34.1 Å². The third kappa shape index (κ3) is 5.49. The summed E-state index contributed by atoms with van der Waals surface area (Å²) in [5.41, 5.74) is 10.1. The average molecular weight is 625 g/mol. The number of nitrogens with two attached hydrogens (primary N) is 1. The molecule has 1 fully saturated rings. The molecule has 0 unspecified atom stereocenters. The first-order valence-corrected chi connectivity index (χ1v) is 15.3. The first-order chi connectivity index (χ1) is 20.5. The van der Waals surface area contributed by atoms with Crippen molar-refractivity contribution < 1.29 is 21.9 Å². The van der Waals surface area contributed by atoms with Crippen molar-refractivity contribution in [1.82, 2.24) is 14.8 Å². The van der Waals surface area contributed by atoms with E-state index in [2.05, 4.69) is 15.0 Å². The van der Waals surface area contributed by atoms with E-state index in [9.17, 15) is 12.8 Å². The fraction of sp³-hybridized carbons (Fsp3) is 0.200. The zero-order chi connectivity index (χ0) is 30.5. The molecular formula is C30H27ClF2N6O3S. The van der Waals surface area contributed by atoms with Gasteiger partial charge in [0.05, 0.1) is 35.8 Å². The minimum Gasteiger partial charge on any atom is -0.383 e. The van der Waals surface area contributed by atoms with Crippen LogP contribution in [0, 0.1) is 11.6 Å². The number of nitrogens with one attached hydrogen (secondary N) is 2. The monoisotopic (exact) mass is 624 g/mol. The predicted molar refractivity (Wildman–Crippen MR) is 164 cm³/mol. The van der Waals surface area contributed by atoms with Crippen molar-refractivity contribution >= 4 is 49.7 Å². The molecule has 3 heterocycles. The van der Waals surface area contributed by atoms with Crippen molar-refractivity contribution in [3.8, 4) is 22.4 Å². The third-order valence-electron chi connectivity index (χ3n) is 7.12. The molecule has 13 heteroatoms. The summed E-state index contributed by atoms with van der Waals surface area (Å²) in [7, 11) is -4.47. The molecule has 5 aromatic rings. The lowest BCUT2D eigenvalue weighted by molar-refractivity contribution is 0.0211. The molecule has 0 saturated carbocycles. The van der Waals surface area contributed by atoms with Crippen LogP contribution in [-0.4, -0.2) is 42.4 Å². The van der Waals surface area contributed by atoms with Crippen LogP contribution in [0.1, 0.15) is 19.9 Å². The van der Waals surface area contributed by atoms with Crippen molar-refractivity contribution in [1.29, 1.82) is 0 Å². The van der Waals surface area contributed by atoms with Crippen LogP contribution in [0.25, 0.3) is 33.3 Å². The maximum atomic E-state index is 15.4. The Balaban J connectivity index is 1.39. The van der Waals surface area contributed by atoms with Crippen LogP contribution >= 0.6 is 11.6 Å². The first kappa shape index (κ1) is 28.8. The van der Waals surface area contributed by atoms with E-state index in [4.69, 9.17) is 27.2 Å². The largest absolute Gasteiger partial charge is 0.383 e. The van der Waals surface area contributed by atoms with Gasteiger partial charge >= 0.3 is 0 Å². The van der Waals surface area contributed by atoms with E-state index in [0.29, 0.717) is 35.9 Å². The second-order valence-electron chi connectivity index (χ2n) is 10.5. The van der Waals surface area contributed by atoms with Gasteiger partial charge in [0.1, 0.15) is 28.0 Å². The molecule has 9 nitrogen and oxygen atoms in total.